The van der Waals surface area contributed by atoms with E-state index in [0.29, 0.717) is 23.4 Å². The lowest BCUT2D eigenvalue weighted by atomic mass is 9.83. The Bertz CT molecular complexity index is 378. The maximum atomic E-state index is 3.76. The van der Waals surface area contributed by atoms with Crippen LogP contribution < -0.4 is 5.32 Å². The van der Waals surface area contributed by atoms with Gasteiger partial charge in [-0.25, -0.2) is 0 Å². The fraction of sp³-hybridized carbons (Fsp3) is 0.750. The SMILES string of the molecule is CC(C)C1CNC(C(C)(C)C)CN1Cc1cccs1. The first-order valence-corrected chi connectivity index (χ1v) is 8.25. The van der Waals surface area contributed by atoms with E-state index in [1.54, 1.807) is 0 Å². The molecule has 2 heterocycles. The number of rotatable bonds is 3. The van der Waals surface area contributed by atoms with Gasteiger partial charge in [0.05, 0.1) is 0 Å². The molecule has 1 saturated heterocycles. The van der Waals surface area contributed by atoms with E-state index >= 15 is 0 Å². The Morgan fingerprint density at radius 3 is 2.68 bits per heavy atom. The minimum absolute atomic E-state index is 0.329. The summed E-state index contributed by atoms with van der Waals surface area (Å²) in [4.78, 5) is 4.17. The van der Waals surface area contributed by atoms with Gasteiger partial charge >= 0.3 is 0 Å². The molecular formula is C16H28N2S. The number of piperazine rings is 1. The van der Waals surface area contributed by atoms with Crippen molar-refractivity contribution in [1.29, 1.82) is 0 Å². The van der Waals surface area contributed by atoms with Crippen LogP contribution in [0.4, 0.5) is 0 Å². The van der Waals surface area contributed by atoms with Crippen molar-refractivity contribution in [2.75, 3.05) is 13.1 Å². The van der Waals surface area contributed by atoms with Crippen LogP contribution in [0.5, 0.6) is 0 Å². The average molecular weight is 280 g/mol. The number of thiophene rings is 1. The van der Waals surface area contributed by atoms with Crippen molar-refractivity contribution < 1.29 is 0 Å². The van der Waals surface area contributed by atoms with Crippen LogP contribution in [0.3, 0.4) is 0 Å². The van der Waals surface area contributed by atoms with Crippen molar-refractivity contribution >= 4 is 11.3 Å². The largest absolute Gasteiger partial charge is 0.311 e. The third-order valence-electron chi connectivity index (χ3n) is 4.21. The van der Waals surface area contributed by atoms with Gasteiger partial charge < -0.3 is 5.32 Å². The van der Waals surface area contributed by atoms with Gasteiger partial charge in [0, 0.05) is 36.6 Å². The van der Waals surface area contributed by atoms with Gasteiger partial charge in [-0.05, 0) is 22.8 Å². The molecule has 2 rings (SSSR count). The summed E-state index contributed by atoms with van der Waals surface area (Å²) in [5, 5.41) is 5.95. The highest BCUT2D eigenvalue weighted by atomic mass is 32.1. The molecule has 0 aliphatic carbocycles. The lowest BCUT2D eigenvalue weighted by molar-refractivity contribution is 0.0580. The van der Waals surface area contributed by atoms with E-state index in [9.17, 15) is 0 Å². The summed E-state index contributed by atoms with van der Waals surface area (Å²) in [6.45, 7) is 15.1. The van der Waals surface area contributed by atoms with Gasteiger partial charge in [-0.3, -0.25) is 4.90 Å². The maximum Gasteiger partial charge on any atom is 0.0332 e. The Morgan fingerprint density at radius 1 is 1.42 bits per heavy atom. The zero-order valence-electron chi connectivity index (χ0n) is 12.9. The minimum atomic E-state index is 0.329. The molecule has 1 aliphatic rings. The summed E-state index contributed by atoms with van der Waals surface area (Å²) in [5.74, 6) is 0.702. The molecule has 0 aromatic carbocycles. The monoisotopic (exact) mass is 280 g/mol. The molecule has 1 aromatic heterocycles. The lowest BCUT2D eigenvalue weighted by Crippen LogP contribution is -2.61. The number of nitrogens with zero attached hydrogens (tertiary/aromatic N) is 1. The van der Waals surface area contributed by atoms with Gasteiger partial charge in [-0.15, -0.1) is 11.3 Å². The van der Waals surface area contributed by atoms with E-state index in [4.69, 9.17) is 0 Å². The quantitative estimate of drug-likeness (QED) is 0.910. The van der Waals surface area contributed by atoms with E-state index in [1.165, 1.54) is 4.88 Å². The van der Waals surface area contributed by atoms with Crippen LogP contribution in [-0.4, -0.2) is 30.1 Å². The maximum absolute atomic E-state index is 3.76. The van der Waals surface area contributed by atoms with Crippen LogP contribution in [0, 0.1) is 11.3 Å². The molecule has 0 spiro atoms. The van der Waals surface area contributed by atoms with Gasteiger partial charge in [0.15, 0.2) is 0 Å². The van der Waals surface area contributed by atoms with Crippen LogP contribution in [0.15, 0.2) is 17.5 Å². The Balaban J connectivity index is 2.08. The predicted octanol–water partition coefficient (Wildman–Crippen LogP) is 3.59. The molecule has 2 nitrogen and oxygen atoms in total. The van der Waals surface area contributed by atoms with Crippen molar-refractivity contribution in [2.24, 2.45) is 11.3 Å². The van der Waals surface area contributed by atoms with Gasteiger partial charge in [0.2, 0.25) is 0 Å². The molecule has 1 fully saturated rings. The highest BCUT2D eigenvalue weighted by Crippen LogP contribution is 2.27. The molecule has 2 atom stereocenters. The summed E-state index contributed by atoms with van der Waals surface area (Å²) in [7, 11) is 0. The first kappa shape index (κ1) is 15.0. The number of hydrogen-bond donors (Lipinski definition) is 1. The van der Waals surface area contributed by atoms with Crippen LogP contribution in [0.1, 0.15) is 39.5 Å². The standard InChI is InChI=1S/C16H28N2S/c1-12(2)14-9-17-15(16(3,4)5)11-18(14)10-13-7-6-8-19-13/h6-8,12,14-15,17H,9-11H2,1-5H3. The molecule has 0 saturated carbocycles. The molecule has 0 amide bonds. The first-order chi connectivity index (χ1) is 8.88. The van der Waals surface area contributed by atoms with E-state index in [2.05, 4.69) is 62.3 Å². The normalized spacial score (nSPS) is 26.0. The van der Waals surface area contributed by atoms with Crippen molar-refractivity contribution in [3.8, 4) is 0 Å². The highest BCUT2D eigenvalue weighted by molar-refractivity contribution is 7.09. The van der Waals surface area contributed by atoms with Crippen LogP contribution in [0.2, 0.25) is 0 Å². The fourth-order valence-electron chi connectivity index (χ4n) is 2.85. The third kappa shape index (κ3) is 3.80. The first-order valence-electron chi connectivity index (χ1n) is 7.37. The smallest absolute Gasteiger partial charge is 0.0332 e. The van der Waals surface area contributed by atoms with Gasteiger partial charge in [0.25, 0.3) is 0 Å². The minimum Gasteiger partial charge on any atom is -0.311 e. The zero-order valence-corrected chi connectivity index (χ0v) is 13.8. The Hall–Kier alpha value is -0.380. The zero-order chi connectivity index (χ0) is 14.0. The topological polar surface area (TPSA) is 15.3 Å². The van der Waals surface area contributed by atoms with E-state index in [1.807, 2.05) is 11.3 Å². The number of nitrogens with one attached hydrogen (secondary N) is 1. The summed E-state index contributed by atoms with van der Waals surface area (Å²) >= 11 is 1.88. The summed E-state index contributed by atoms with van der Waals surface area (Å²) < 4.78 is 0. The van der Waals surface area contributed by atoms with Crippen LogP contribution in [0.25, 0.3) is 0 Å². The Kier molecular flexibility index (Phi) is 4.70. The van der Waals surface area contributed by atoms with Crippen molar-refractivity contribution in [3.63, 3.8) is 0 Å². The summed E-state index contributed by atoms with van der Waals surface area (Å²) in [6.07, 6.45) is 0. The summed E-state index contributed by atoms with van der Waals surface area (Å²) in [6, 6.07) is 5.66. The van der Waals surface area contributed by atoms with Gasteiger partial charge in [-0.2, -0.15) is 0 Å². The van der Waals surface area contributed by atoms with Crippen molar-refractivity contribution in [3.05, 3.63) is 22.4 Å². The van der Waals surface area contributed by atoms with E-state index < -0.39 is 0 Å². The molecule has 3 heteroatoms. The average Bonchev–Trinajstić information content (AvgIpc) is 2.80. The fourth-order valence-corrected chi connectivity index (χ4v) is 3.58. The molecule has 0 bridgehead atoms. The molecule has 1 N–H and O–H groups in total. The predicted molar refractivity (Wildman–Crippen MR) is 84.6 cm³/mol. The van der Waals surface area contributed by atoms with Gasteiger partial charge in [0.1, 0.15) is 0 Å². The van der Waals surface area contributed by atoms with Crippen LogP contribution >= 0.6 is 11.3 Å². The molecule has 19 heavy (non-hydrogen) atoms. The Labute approximate surface area is 122 Å². The van der Waals surface area contributed by atoms with Crippen molar-refractivity contribution in [1.82, 2.24) is 10.2 Å². The summed E-state index contributed by atoms with van der Waals surface area (Å²) in [5.41, 5.74) is 0.329. The van der Waals surface area contributed by atoms with E-state index in [-0.39, 0.29) is 0 Å². The molecule has 0 radical (unpaired) electrons. The lowest BCUT2D eigenvalue weighted by Gasteiger charge is -2.46. The van der Waals surface area contributed by atoms with E-state index in [0.717, 1.165) is 19.6 Å². The molecule has 1 aliphatic heterocycles. The Morgan fingerprint density at radius 2 is 2.16 bits per heavy atom. The van der Waals surface area contributed by atoms with Crippen LogP contribution in [-0.2, 0) is 6.54 Å². The van der Waals surface area contributed by atoms with Crippen molar-refractivity contribution in [2.45, 2.75) is 53.2 Å². The second-order valence-corrected chi connectivity index (χ2v) is 8.18. The number of hydrogen-bond acceptors (Lipinski definition) is 3. The molecule has 108 valence electrons. The van der Waals surface area contributed by atoms with Gasteiger partial charge in [-0.1, -0.05) is 40.7 Å². The highest BCUT2D eigenvalue weighted by Gasteiger charge is 2.35. The molecular weight excluding hydrogens is 252 g/mol. The molecule has 1 aromatic rings. The third-order valence-corrected chi connectivity index (χ3v) is 5.07. The second-order valence-electron chi connectivity index (χ2n) is 7.15. The second kappa shape index (κ2) is 5.94. The molecule has 2 unspecified atom stereocenters.